The Morgan fingerprint density at radius 1 is 0.900 bits per heavy atom. The summed E-state index contributed by atoms with van der Waals surface area (Å²) < 4.78 is 13.9. The van der Waals surface area contributed by atoms with Crippen molar-refractivity contribution in [2.24, 2.45) is 0 Å². The van der Waals surface area contributed by atoms with E-state index in [-0.39, 0.29) is 22.0 Å². The van der Waals surface area contributed by atoms with Crippen LogP contribution >= 0.6 is 23.2 Å². The lowest BCUT2D eigenvalue weighted by Crippen LogP contribution is -2.29. The number of anilines is 1. The van der Waals surface area contributed by atoms with Gasteiger partial charge in [-0.25, -0.2) is 4.39 Å². The van der Waals surface area contributed by atoms with E-state index in [0.717, 1.165) is 11.0 Å². The third-order valence-electron chi connectivity index (χ3n) is 4.84. The number of benzene rings is 3. The Morgan fingerprint density at radius 2 is 1.63 bits per heavy atom. The van der Waals surface area contributed by atoms with Crippen molar-refractivity contribution in [3.05, 3.63) is 105 Å². The van der Waals surface area contributed by atoms with Crippen LogP contribution in [0, 0.1) is 5.82 Å². The Hall–Kier alpha value is -3.15. The number of hydrogen-bond acceptors (Lipinski definition) is 3. The first-order valence-corrected chi connectivity index (χ1v) is 9.71. The van der Waals surface area contributed by atoms with Crippen LogP contribution in [0.4, 0.5) is 10.1 Å². The van der Waals surface area contributed by atoms with Gasteiger partial charge in [-0.15, -0.1) is 0 Å². The van der Waals surface area contributed by atoms with Gasteiger partial charge in [-0.3, -0.25) is 14.5 Å². The molecule has 1 aliphatic heterocycles. The summed E-state index contributed by atoms with van der Waals surface area (Å²) in [6.07, 6.45) is 0. The molecular weight excluding hydrogens is 428 g/mol. The van der Waals surface area contributed by atoms with Gasteiger partial charge < -0.3 is 5.11 Å². The van der Waals surface area contributed by atoms with Crippen molar-refractivity contribution in [1.82, 2.24) is 0 Å². The monoisotopic (exact) mass is 441 g/mol. The van der Waals surface area contributed by atoms with E-state index in [1.54, 1.807) is 36.4 Å². The molecule has 0 aliphatic carbocycles. The van der Waals surface area contributed by atoms with Crippen molar-refractivity contribution in [1.29, 1.82) is 0 Å². The van der Waals surface area contributed by atoms with Crippen LogP contribution in [0.25, 0.3) is 5.76 Å². The van der Waals surface area contributed by atoms with Crippen molar-refractivity contribution in [2.75, 3.05) is 4.90 Å². The van der Waals surface area contributed by atoms with Crippen LogP contribution in [0.15, 0.2) is 78.4 Å². The number of rotatable bonds is 3. The maximum Gasteiger partial charge on any atom is 0.300 e. The van der Waals surface area contributed by atoms with E-state index >= 15 is 0 Å². The molecule has 1 saturated heterocycles. The molecule has 0 radical (unpaired) electrons. The van der Waals surface area contributed by atoms with Crippen molar-refractivity contribution in [2.45, 2.75) is 6.04 Å². The fourth-order valence-corrected chi connectivity index (χ4v) is 3.78. The number of Topliss-reactive ketones (excluding diaryl/α,β-unsaturated/α-hetero) is 1. The highest BCUT2D eigenvalue weighted by Gasteiger charge is 2.47. The molecule has 0 aromatic heterocycles. The zero-order chi connectivity index (χ0) is 21.4. The number of carbonyl (C=O) groups is 2. The lowest BCUT2D eigenvalue weighted by atomic mass is 9.95. The zero-order valence-electron chi connectivity index (χ0n) is 15.4. The SMILES string of the molecule is O=C1C(=O)N(c2cccc(F)c2)C(c2ccc(Cl)c(Cl)c2)/C1=C(/O)c1ccccc1. The third kappa shape index (κ3) is 3.47. The number of amides is 1. The summed E-state index contributed by atoms with van der Waals surface area (Å²) >= 11 is 12.2. The minimum atomic E-state index is -1.01. The molecule has 1 unspecified atom stereocenters. The first-order valence-electron chi connectivity index (χ1n) is 8.95. The van der Waals surface area contributed by atoms with Crippen LogP contribution < -0.4 is 4.90 Å². The molecule has 1 aliphatic rings. The molecule has 4 rings (SSSR count). The molecule has 0 saturated carbocycles. The van der Waals surface area contributed by atoms with Gasteiger partial charge in [-0.2, -0.15) is 0 Å². The molecule has 1 N–H and O–H groups in total. The number of halogens is 3. The number of carbonyl (C=O) groups excluding carboxylic acids is 2. The van der Waals surface area contributed by atoms with Gasteiger partial charge >= 0.3 is 0 Å². The normalized spacial score (nSPS) is 18.1. The summed E-state index contributed by atoms with van der Waals surface area (Å²) in [6, 6.07) is 17.4. The lowest BCUT2D eigenvalue weighted by molar-refractivity contribution is -0.132. The Bertz CT molecular complexity index is 1190. The molecule has 1 heterocycles. The molecule has 150 valence electrons. The van der Waals surface area contributed by atoms with Gasteiger partial charge in [0.25, 0.3) is 11.7 Å². The summed E-state index contributed by atoms with van der Waals surface area (Å²) in [5.74, 6) is -2.65. The molecular formula is C23H14Cl2FNO3. The largest absolute Gasteiger partial charge is 0.507 e. The maximum atomic E-state index is 13.9. The first-order chi connectivity index (χ1) is 14.4. The highest BCUT2D eigenvalue weighted by Crippen LogP contribution is 2.43. The van der Waals surface area contributed by atoms with Crippen LogP contribution in [0.2, 0.25) is 10.0 Å². The molecule has 30 heavy (non-hydrogen) atoms. The summed E-state index contributed by atoms with van der Waals surface area (Å²) in [5.41, 5.74) is 0.888. The Labute approximate surface area is 181 Å². The van der Waals surface area contributed by atoms with Crippen molar-refractivity contribution in [3.8, 4) is 0 Å². The van der Waals surface area contributed by atoms with Gasteiger partial charge in [-0.1, -0.05) is 65.7 Å². The van der Waals surface area contributed by atoms with Crippen LogP contribution in [0.3, 0.4) is 0 Å². The average Bonchev–Trinajstić information content (AvgIpc) is 3.01. The number of hydrogen-bond donors (Lipinski definition) is 1. The van der Waals surface area contributed by atoms with E-state index in [1.165, 1.54) is 30.3 Å². The fraction of sp³-hybridized carbons (Fsp3) is 0.0435. The number of ketones is 1. The molecule has 3 aromatic carbocycles. The molecule has 7 heteroatoms. The Balaban J connectivity index is 1.98. The average molecular weight is 442 g/mol. The molecule has 1 fully saturated rings. The lowest BCUT2D eigenvalue weighted by Gasteiger charge is -2.25. The van der Waals surface area contributed by atoms with Crippen molar-refractivity contribution < 1.29 is 19.1 Å². The summed E-state index contributed by atoms with van der Waals surface area (Å²) in [6.45, 7) is 0. The standard InChI is InChI=1S/C23H14Cl2FNO3/c24-17-10-9-14(11-18(17)25)20-19(21(28)13-5-2-1-3-6-13)22(29)23(30)27(20)16-8-4-7-15(26)12-16/h1-12,20,28H/b21-19-. The first kappa shape index (κ1) is 20.1. The second-order valence-electron chi connectivity index (χ2n) is 6.69. The van der Waals surface area contributed by atoms with Crippen molar-refractivity contribution in [3.63, 3.8) is 0 Å². The smallest absolute Gasteiger partial charge is 0.300 e. The quantitative estimate of drug-likeness (QED) is 0.319. The number of aliphatic hydroxyl groups excluding tert-OH is 1. The van der Waals surface area contributed by atoms with Crippen LogP contribution in [0.5, 0.6) is 0 Å². The molecule has 0 spiro atoms. The molecule has 0 bridgehead atoms. The highest BCUT2D eigenvalue weighted by molar-refractivity contribution is 6.51. The summed E-state index contributed by atoms with van der Waals surface area (Å²) in [7, 11) is 0. The van der Waals surface area contributed by atoms with Gasteiger partial charge in [0.2, 0.25) is 0 Å². The van der Waals surface area contributed by atoms with Crippen molar-refractivity contribution >= 4 is 46.3 Å². The van der Waals surface area contributed by atoms with Gasteiger partial charge in [-0.05, 0) is 35.9 Å². The van der Waals surface area contributed by atoms with Crippen LogP contribution in [-0.4, -0.2) is 16.8 Å². The Morgan fingerprint density at radius 3 is 2.30 bits per heavy atom. The second kappa shape index (κ2) is 7.94. The van der Waals surface area contributed by atoms with Gasteiger partial charge in [0.15, 0.2) is 0 Å². The Kier molecular flexibility index (Phi) is 5.33. The molecule has 4 nitrogen and oxygen atoms in total. The zero-order valence-corrected chi connectivity index (χ0v) is 16.9. The number of nitrogens with zero attached hydrogens (tertiary/aromatic N) is 1. The van der Waals surface area contributed by atoms with E-state index in [4.69, 9.17) is 23.2 Å². The minimum Gasteiger partial charge on any atom is -0.507 e. The third-order valence-corrected chi connectivity index (χ3v) is 5.58. The molecule has 1 atom stereocenters. The van der Waals surface area contributed by atoms with E-state index in [2.05, 4.69) is 0 Å². The second-order valence-corrected chi connectivity index (χ2v) is 7.50. The van der Waals surface area contributed by atoms with E-state index in [9.17, 15) is 19.1 Å². The van der Waals surface area contributed by atoms with Crippen LogP contribution in [-0.2, 0) is 9.59 Å². The maximum absolute atomic E-state index is 13.9. The topological polar surface area (TPSA) is 57.6 Å². The summed E-state index contributed by atoms with van der Waals surface area (Å²) in [4.78, 5) is 27.1. The van der Waals surface area contributed by atoms with E-state index < -0.39 is 23.5 Å². The van der Waals surface area contributed by atoms with Gasteiger partial charge in [0, 0.05) is 11.3 Å². The fourth-order valence-electron chi connectivity index (χ4n) is 3.47. The van der Waals surface area contributed by atoms with Gasteiger partial charge in [0.1, 0.15) is 11.6 Å². The molecule has 1 amide bonds. The van der Waals surface area contributed by atoms with Crippen LogP contribution in [0.1, 0.15) is 17.2 Å². The minimum absolute atomic E-state index is 0.117. The predicted molar refractivity (Wildman–Crippen MR) is 114 cm³/mol. The van der Waals surface area contributed by atoms with Gasteiger partial charge in [0.05, 0.1) is 21.7 Å². The van der Waals surface area contributed by atoms with E-state index in [0.29, 0.717) is 16.1 Å². The highest BCUT2D eigenvalue weighted by atomic mass is 35.5. The molecule has 3 aromatic rings. The summed E-state index contributed by atoms with van der Waals surface area (Å²) in [5, 5.41) is 11.4. The number of aliphatic hydroxyl groups is 1. The van der Waals surface area contributed by atoms with E-state index in [1.807, 2.05) is 0 Å². The predicted octanol–water partition coefficient (Wildman–Crippen LogP) is 5.76.